The summed E-state index contributed by atoms with van der Waals surface area (Å²) in [5.74, 6) is -6.34. The first-order valence-corrected chi connectivity index (χ1v) is 24.2. The number of nitrogens with zero attached hydrogens (tertiary/aromatic N) is 1. The van der Waals surface area contributed by atoms with Gasteiger partial charge in [0.2, 0.25) is 5.79 Å². The number of piperidine rings is 1. The normalized spacial score (nSPS) is 42.6. The summed E-state index contributed by atoms with van der Waals surface area (Å²) in [5, 5.41) is 57.1. The lowest BCUT2D eigenvalue weighted by atomic mass is 9.78. The van der Waals surface area contributed by atoms with Gasteiger partial charge in [-0.05, 0) is 120 Å². The molecule has 1 amide bonds. The van der Waals surface area contributed by atoms with Crippen LogP contribution < -0.4 is 0 Å². The summed E-state index contributed by atoms with van der Waals surface area (Å²) < 4.78 is 23.7. The van der Waals surface area contributed by atoms with Gasteiger partial charge in [-0.25, -0.2) is 4.79 Å². The number of Topliss-reactive ketones (excluding diaryl/α,β-unsaturated/α-hetero) is 1. The second kappa shape index (κ2) is 24.9. The molecule has 13 nitrogen and oxygen atoms in total. The van der Waals surface area contributed by atoms with Crippen molar-refractivity contribution in [1.82, 2.24) is 4.90 Å². The molecule has 364 valence electrons. The molecular formula is C51H83NO12. The quantitative estimate of drug-likeness (QED) is 0.116. The van der Waals surface area contributed by atoms with E-state index in [0.29, 0.717) is 63.4 Å². The van der Waals surface area contributed by atoms with E-state index in [1.807, 2.05) is 39.8 Å². The Morgan fingerprint density at radius 2 is 1.58 bits per heavy atom. The molecule has 2 bridgehead atoms. The molecule has 3 fully saturated rings. The van der Waals surface area contributed by atoms with Gasteiger partial charge in [-0.1, -0.05) is 83.6 Å². The molecular weight excluding hydrogens is 819 g/mol. The van der Waals surface area contributed by atoms with Crippen molar-refractivity contribution < 1.29 is 58.9 Å². The molecule has 0 radical (unpaired) electrons. The molecule has 4 rings (SSSR count). The molecule has 1 aliphatic carbocycles. The van der Waals surface area contributed by atoms with E-state index in [1.54, 1.807) is 27.0 Å². The van der Waals surface area contributed by atoms with E-state index in [1.165, 1.54) is 12.0 Å². The maximum atomic E-state index is 14.4. The van der Waals surface area contributed by atoms with Gasteiger partial charge < -0.3 is 49.4 Å². The number of fused-ring (bicyclic) bond motifs is 3. The molecule has 0 aromatic carbocycles. The predicted octanol–water partition coefficient (Wildman–Crippen LogP) is 6.39. The number of cyclic esters (lactones) is 1. The number of hydrogen-bond donors (Lipinski definition) is 5. The van der Waals surface area contributed by atoms with Crippen LogP contribution in [0.5, 0.6) is 0 Å². The van der Waals surface area contributed by atoms with Crippen LogP contribution in [0.4, 0.5) is 0 Å². The number of carbonyl (C=O) groups is 3. The maximum absolute atomic E-state index is 14.4. The highest BCUT2D eigenvalue weighted by Gasteiger charge is 2.52. The number of aliphatic hydroxyl groups is 5. The van der Waals surface area contributed by atoms with Crippen molar-refractivity contribution in [3.63, 3.8) is 0 Å². The number of aliphatic hydroxyl groups excluding tert-OH is 4. The highest BCUT2D eigenvalue weighted by Crippen LogP contribution is 2.37. The molecule has 13 heteroatoms. The molecule has 0 aromatic heterocycles. The molecule has 5 N–H and O–H groups in total. The van der Waals surface area contributed by atoms with Crippen LogP contribution in [0, 0.1) is 41.4 Å². The van der Waals surface area contributed by atoms with Crippen molar-refractivity contribution in [3.8, 4) is 0 Å². The fraction of sp³-hybridized carbons (Fsp3) is 0.784. The predicted molar refractivity (Wildman–Crippen MR) is 246 cm³/mol. The van der Waals surface area contributed by atoms with Gasteiger partial charge in [0.15, 0.2) is 0 Å². The molecule has 9 unspecified atom stereocenters. The molecule has 0 aromatic rings. The molecule has 4 aliphatic rings. The Labute approximate surface area is 383 Å². The van der Waals surface area contributed by atoms with Crippen LogP contribution in [0.3, 0.4) is 0 Å². The number of hydrogen-bond acceptors (Lipinski definition) is 12. The second-order valence-electron chi connectivity index (χ2n) is 20.1. The van der Waals surface area contributed by atoms with Gasteiger partial charge in [-0.2, -0.15) is 0 Å². The minimum absolute atomic E-state index is 0.0456. The molecule has 1 saturated carbocycles. The van der Waals surface area contributed by atoms with Crippen molar-refractivity contribution >= 4 is 17.7 Å². The number of amides is 1. The topological polar surface area (TPSA) is 193 Å². The third-order valence-corrected chi connectivity index (χ3v) is 14.7. The first-order chi connectivity index (χ1) is 30.2. The summed E-state index contributed by atoms with van der Waals surface area (Å²) in [7, 11) is 3.05. The SMILES string of the molecule is COC1CC(C[C@@H](C)[C@@H]2CC(O)[C@H](C)/C=C(\C)[C@@H](O)[C@@H](OC)C(O)C(C)C[C@H](C)/C=C/C(C)C=C/C(C)=C/CC3CC[C@@H](C)C(O)(O3)C(=O)C(=O)N3CCCCC3C(=O)O2)CC[C@H]1O. The van der Waals surface area contributed by atoms with Gasteiger partial charge in [-0.3, -0.25) is 9.59 Å². The average Bonchev–Trinajstić information content (AvgIpc) is 3.27. The van der Waals surface area contributed by atoms with Gasteiger partial charge in [0, 0.05) is 39.0 Å². The van der Waals surface area contributed by atoms with Crippen LogP contribution in [-0.4, -0.2) is 130 Å². The minimum Gasteiger partial charge on any atom is -0.460 e. The van der Waals surface area contributed by atoms with Gasteiger partial charge in [0.25, 0.3) is 11.7 Å². The zero-order valence-corrected chi connectivity index (χ0v) is 40.4. The summed E-state index contributed by atoms with van der Waals surface area (Å²) in [6, 6.07) is -1.08. The second-order valence-corrected chi connectivity index (χ2v) is 20.1. The summed E-state index contributed by atoms with van der Waals surface area (Å²) in [6.45, 7) is 15.4. The molecule has 17 atom stereocenters. The van der Waals surface area contributed by atoms with Gasteiger partial charge in [0.05, 0.1) is 30.5 Å². The number of allylic oxidation sites excluding steroid dienone is 5. The van der Waals surface area contributed by atoms with Crippen LogP contribution in [0.1, 0.15) is 132 Å². The van der Waals surface area contributed by atoms with Crippen LogP contribution in [0.2, 0.25) is 0 Å². The number of ketones is 1. The lowest BCUT2D eigenvalue weighted by Crippen LogP contribution is -2.60. The van der Waals surface area contributed by atoms with E-state index in [-0.39, 0.29) is 55.1 Å². The van der Waals surface area contributed by atoms with E-state index >= 15 is 0 Å². The van der Waals surface area contributed by atoms with Gasteiger partial charge >= 0.3 is 5.97 Å². The molecule has 3 aliphatic heterocycles. The molecule has 3 heterocycles. The van der Waals surface area contributed by atoms with Crippen LogP contribution >= 0.6 is 0 Å². The standard InChI is InChI=1S/C51H83NO12/c1-30-14-15-31(2)18-21-39-22-19-37(8)51(60,64-39)48(57)49(58)52-24-12-11-13-40(52)50(59)63-43(34(5)27-38-20-23-41(53)44(28-38)61-9)29-42(54)33(4)26-36(7)46(56)47(62-10)45(55)35(6)25-32(3)17-16-30/h14-18,26,30,32-35,37-47,53-56,60H,11-13,19-25,27-29H2,1-10H3/b15-14?,17-16+,31-18+,36-26+/t30?,32-,33-,34-,35?,37-,38?,39?,40?,41-,42?,43+,44?,45?,46-,47+,51?/m1/s1. The average molecular weight is 902 g/mol. The highest BCUT2D eigenvalue weighted by atomic mass is 16.6. The zero-order chi connectivity index (χ0) is 47.5. The van der Waals surface area contributed by atoms with Crippen molar-refractivity contribution in [2.24, 2.45) is 41.4 Å². The zero-order valence-electron chi connectivity index (χ0n) is 40.4. The van der Waals surface area contributed by atoms with Gasteiger partial charge in [0.1, 0.15) is 24.4 Å². The van der Waals surface area contributed by atoms with Crippen LogP contribution in [0.25, 0.3) is 0 Å². The van der Waals surface area contributed by atoms with Crippen molar-refractivity contribution in [1.29, 1.82) is 0 Å². The fourth-order valence-corrected chi connectivity index (χ4v) is 10.2. The van der Waals surface area contributed by atoms with Crippen molar-refractivity contribution in [3.05, 3.63) is 47.6 Å². The Kier molecular flexibility index (Phi) is 20.9. The summed E-state index contributed by atoms with van der Waals surface area (Å²) in [4.78, 5) is 43.9. The summed E-state index contributed by atoms with van der Waals surface area (Å²) in [5.41, 5.74) is 1.50. The number of esters is 1. The smallest absolute Gasteiger partial charge is 0.329 e. The fourth-order valence-electron chi connectivity index (χ4n) is 10.2. The van der Waals surface area contributed by atoms with Gasteiger partial charge in [-0.15, -0.1) is 0 Å². The van der Waals surface area contributed by atoms with Crippen LogP contribution in [-0.2, 0) is 33.3 Å². The first-order valence-electron chi connectivity index (χ1n) is 24.2. The monoisotopic (exact) mass is 902 g/mol. The third kappa shape index (κ3) is 14.4. The lowest BCUT2D eigenvalue weighted by Gasteiger charge is -2.42. The Morgan fingerprint density at radius 3 is 2.27 bits per heavy atom. The summed E-state index contributed by atoms with van der Waals surface area (Å²) >= 11 is 0. The number of carbonyl (C=O) groups excluding carboxylic acids is 3. The number of methoxy groups -OCH3 is 2. The van der Waals surface area contributed by atoms with E-state index in [9.17, 15) is 39.9 Å². The Hall–Kier alpha value is -2.75. The molecule has 64 heavy (non-hydrogen) atoms. The molecule has 0 spiro atoms. The van der Waals surface area contributed by atoms with E-state index in [4.69, 9.17) is 18.9 Å². The van der Waals surface area contributed by atoms with E-state index in [0.717, 1.165) is 12.0 Å². The Morgan fingerprint density at radius 1 is 0.859 bits per heavy atom. The third-order valence-electron chi connectivity index (χ3n) is 14.7. The number of ether oxygens (including phenoxy) is 4. The Balaban J connectivity index is 1.68. The lowest BCUT2D eigenvalue weighted by molar-refractivity contribution is -0.262. The minimum atomic E-state index is -2.36. The van der Waals surface area contributed by atoms with Crippen molar-refractivity contribution in [2.75, 3.05) is 20.8 Å². The van der Waals surface area contributed by atoms with E-state index in [2.05, 4.69) is 32.1 Å². The Bertz CT molecular complexity index is 1640. The van der Waals surface area contributed by atoms with Crippen LogP contribution in [0.15, 0.2) is 47.6 Å². The maximum Gasteiger partial charge on any atom is 0.329 e. The van der Waals surface area contributed by atoms with E-state index < -0.39 is 84.1 Å². The number of rotatable bonds is 5. The highest BCUT2D eigenvalue weighted by molar-refractivity contribution is 6.39. The summed E-state index contributed by atoms with van der Waals surface area (Å²) in [6.07, 6.45) is 12.1. The molecule has 2 saturated heterocycles. The van der Waals surface area contributed by atoms with Crippen molar-refractivity contribution in [2.45, 2.75) is 193 Å². The largest absolute Gasteiger partial charge is 0.460 e. The first kappa shape index (κ1) is 53.9.